The molecule has 0 saturated carbocycles. The molecule has 3 aromatic rings. The van der Waals surface area contributed by atoms with Gasteiger partial charge >= 0.3 is 0 Å². The van der Waals surface area contributed by atoms with Crippen LogP contribution in [-0.4, -0.2) is 21.2 Å². The number of aromatic amines is 1. The highest BCUT2D eigenvalue weighted by atomic mass is 19.1. The van der Waals surface area contributed by atoms with Crippen LogP contribution in [0.5, 0.6) is 0 Å². The highest BCUT2D eigenvalue weighted by molar-refractivity contribution is 5.57. The molecule has 1 heterocycles. The van der Waals surface area contributed by atoms with Gasteiger partial charge in [-0.05, 0) is 36.1 Å². The monoisotopic (exact) mass is 326 g/mol. The molecule has 24 heavy (non-hydrogen) atoms. The van der Waals surface area contributed by atoms with Gasteiger partial charge in [0.2, 0.25) is 0 Å². The Morgan fingerprint density at radius 3 is 2.50 bits per heavy atom. The van der Waals surface area contributed by atoms with E-state index < -0.39 is 11.6 Å². The Balaban J connectivity index is 1.52. The zero-order chi connectivity index (χ0) is 16.5. The number of fused-ring (bicyclic) bond motifs is 1. The normalized spacial score (nSPS) is 14.1. The van der Waals surface area contributed by atoms with Crippen molar-refractivity contribution in [1.29, 1.82) is 0 Å². The minimum Gasteiger partial charge on any atom is -0.309 e. The van der Waals surface area contributed by atoms with Gasteiger partial charge in [-0.15, -0.1) is 0 Å². The van der Waals surface area contributed by atoms with Gasteiger partial charge in [-0.25, -0.2) is 13.8 Å². The molecule has 0 radical (unpaired) electrons. The maximum absolute atomic E-state index is 14.7. The van der Waals surface area contributed by atoms with Crippen molar-refractivity contribution < 1.29 is 8.78 Å². The number of halogens is 2. The van der Waals surface area contributed by atoms with E-state index in [9.17, 15) is 8.78 Å². The Kier molecular flexibility index (Phi) is 3.82. The molecule has 0 saturated heterocycles. The van der Waals surface area contributed by atoms with Crippen LogP contribution in [0, 0.1) is 11.6 Å². The topological polar surface area (TPSA) is 53.6 Å². The molecule has 0 spiro atoms. The van der Waals surface area contributed by atoms with Gasteiger partial charge in [0.15, 0.2) is 5.82 Å². The van der Waals surface area contributed by atoms with E-state index in [1.54, 1.807) is 0 Å². The SMILES string of the molecule is Fc1ccc(-c2ncn[nH]2)c(F)c1CNC1Cc2ccccc2C1. The van der Waals surface area contributed by atoms with Crippen molar-refractivity contribution in [2.75, 3.05) is 0 Å². The van der Waals surface area contributed by atoms with Crippen molar-refractivity contribution in [3.8, 4) is 11.4 Å². The van der Waals surface area contributed by atoms with E-state index in [-0.39, 0.29) is 23.7 Å². The van der Waals surface area contributed by atoms with Crippen molar-refractivity contribution >= 4 is 0 Å². The van der Waals surface area contributed by atoms with Gasteiger partial charge < -0.3 is 5.32 Å². The zero-order valence-corrected chi connectivity index (χ0v) is 12.9. The summed E-state index contributed by atoms with van der Waals surface area (Å²) in [7, 11) is 0. The van der Waals surface area contributed by atoms with E-state index in [2.05, 4.69) is 32.6 Å². The lowest BCUT2D eigenvalue weighted by molar-refractivity contribution is 0.492. The summed E-state index contributed by atoms with van der Waals surface area (Å²) in [6, 6.07) is 11.1. The fourth-order valence-electron chi connectivity index (χ4n) is 3.23. The molecule has 0 bridgehead atoms. The Labute approximate surface area is 137 Å². The van der Waals surface area contributed by atoms with E-state index in [1.165, 1.54) is 29.6 Å². The van der Waals surface area contributed by atoms with Crippen LogP contribution in [0.25, 0.3) is 11.4 Å². The van der Waals surface area contributed by atoms with Gasteiger partial charge in [0.25, 0.3) is 0 Å². The van der Waals surface area contributed by atoms with Crippen LogP contribution < -0.4 is 5.32 Å². The molecule has 1 aliphatic rings. The number of nitrogens with one attached hydrogen (secondary N) is 2. The van der Waals surface area contributed by atoms with E-state index in [4.69, 9.17) is 0 Å². The second kappa shape index (κ2) is 6.13. The van der Waals surface area contributed by atoms with E-state index in [0.29, 0.717) is 5.82 Å². The first kappa shape index (κ1) is 15.0. The van der Waals surface area contributed by atoms with Crippen molar-refractivity contribution in [1.82, 2.24) is 20.5 Å². The average molecular weight is 326 g/mol. The van der Waals surface area contributed by atoms with Crippen LogP contribution in [0.4, 0.5) is 8.78 Å². The number of aromatic nitrogens is 3. The predicted octanol–water partition coefficient (Wildman–Crippen LogP) is 3.01. The third-order valence-electron chi connectivity index (χ3n) is 4.47. The Morgan fingerprint density at radius 2 is 1.83 bits per heavy atom. The molecule has 122 valence electrons. The largest absolute Gasteiger partial charge is 0.309 e. The van der Waals surface area contributed by atoms with Gasteiger partial charge in [0, 0.05) is 18.2 Å². The van der Waals surface area contributed by atoms with Gasteiger partial charge in [0.05, 0.1) is 5.56 Å². The molecule has 0 aliphatic heterocycles. The molecule has 6 heteroatoms. The minimum atomic E-state index is -0.602. The quantitative estimate of drug-likeness (QED) is 0.775. The molecule has 2 aromatic carbocycles. The first-order valence-electron chi connectivity index (χ1n) is 7.85. The number of H-pyrrole nitrogens is 1. The summed E-state index contributed by atoms with van der Waals surface area (Å²) in [5.41, 5.74) is 2.85. The highest BCUT2D eigenvalue weighted by Gasteiger charge is 2.22. The fourth-order valence-corrected chi connectivity index (χ4v) is 3.23. The Morgan fingerprint density at radius 1 is 1.08 bits per heavy atom. The summed E-state index contributed by atoms with van der Waals surface area (Å²) in [4.78, 5) is 3.93. The van der Waals surface area contributed by atoms with Crippen LogP contribution in [0.15, 0.2) is 42.7 Å². The number of hydrogen-bond donors (Lipinski definition) is 2. The van der Waals surface area contributed by atoms with E-state index >= 15 is 0 Å². The molecule has 0 unspecified atom stereocenters. The van der Waals surface area contributed by atoms with E-state index in [0.717, 1.165) is 12.8 Å². The summed E-state index contributed by atoms with van der Waals surface area (Å²) in [5, 5.41) is 9.59. The van der Waals surface area contributed by atoms with Crippen molar-refractivity contribution in [2.45, 2.75) is 25.4 Å². The molecule has 0 fully saturated rings. The molecular formula is C18H16F2N4. The molecule has 0 amide bonds. The average Bonchev–Trinajstić information content (AvgIpc) is 3.23. The van der Waals surface area contributed by atoms with Gasteiger partial charge in [0.1, 0.15) is 18.0 Å². The zero-order valence-electron chi connectivity index (χ0n) is 12.9. The molecular weight excluding hydrogens is 310 g/mol. The maximum Gasteiger partial charge on any atom is 0.158 e. The highest BCUT2D eigenvalue weighted by Crippen LogP contribution is 2.25. The number of nitrogens with zero attached hydrogens (tertiary/aromatic N) is 2. The maximum atomic E-state index is 14.7. The fraction of sp³-hybridized carbons (Fsp3) is 0.222. The first-order valence-corrected chi connectivity index (χ1v) is 7.85. The minimum absolute atomic E-state index is 0.0276. The van der Waals surface area contributed by atoms with Crippen LogP contribution in [0.3, 0.4) is 0 Å². The number of hydrogen-bond acceptors (Lipinski definition) is 3. The lowest BCUT2D eigenvalue weighted by Gasteiger charge is -2.14. The molecule has 1 aliphatic carbocycles. The van der Waals surface area contributed by atoms with Crippen LogP contribution in [0.1, 0.15) is 16.7 Å². The third kappa shape index (κ3) is 2.69. The second-order valence-electron chi connectivity index (χ2n) is 5.98. The van der Waals surface area contributed by atoms with Crippen LogP contribution in [-0.2, 0) is 19.4 Å². The molecule has 1 aromatic heterocycles. The van der Waals surface area contributed by atoms with Gasteiger partial charge in [-0.1, -0.05) is 24.3 Å². The van der Waals surface area contributed by atoms with Crippen molar-refractivity contribution in [3.63, 3.8) is 0 Å². The summed E-state index contributed by atoms with van der Waals surface area (Å²) in [6.07, 6.45) is 3.05. The lowest BCUT2D eigenvalue weighted by atomic mass is 10.1. The van der Waals surface area contributed by atoms with Crippen LogP contribution in [0.2, 0.25) is 0 Å². The summed E-state index contributed by atoms with van der Waals surface area (Å²) in [5.74, 6) is -0.865. The standard InChI is InChI=1S/C18H16F2N4/c19-16-6-5-14(18-22-10-23-24-18)17(20)15(16)9-21-13-7-11-3-1-2-4-12(11)8-13/h1-6,10,13,21H,7-9H2,(H,22,23,24). The molecule has 2 N–H and O–H groups in total. The Bertz CT molecular complexity index is 836. The first-order chi connectivity index (χ1) is 11.7. The number of benzene rings is 2. The molecule has 0 atom stereocenters. The number of rotatable bonds is 4. The van der Waals surface area contributed by atoms with Crippen molar-refractivity contribution in [2.24, 2.45) is 0 Å². The van der Waals surface area contributed by atoms with Gasteiger partial charge in [-0.3, -0.25) is 5.10 Å². The molecule has 4 nitrogen and oxygen atoms in total. The summed E-state index contributed by atoms with van der Waals surface area (Å²) >= 11 is 0. The molecule has 4 rings (SSSR count). The smallest absolute Gasteiger partial charge is 0.158 e. The lowest BCUT2D eigenvalue weighted by Crippen LogP contribution is -2.29. The second-order valence-corrected chi connectivity index (χ2v) is 5.98. The van der Waals surface area contributed by atoms with E-state index in [1.807, 2.05) is 12.1 Å². The summed E-state index contributed by atoms with van der Waals surface area (Å²) in [6.45, 7) is 0.137. The van der Waals surface area contributed by atoms with Gasteiger partial charge in [-0.2, -0.15) is 5.10 Å². The Hall–Kier alpha value is -2.60. The van der Waals surface area contributed by atoms with Crippen molar-refractivity contribution in [3.05, 3.63) is 71.1 Å². The summed E-state index contributed by atoms with van der Waals surface area (Å²) < 4.78 is 28.7. The van der Waals surface area contributed by atoms with Crippen LogP contribution >= 0.6 is 0 Å². The third-order valence-corrected chi connectivity index (χ3v) is 4.47. The predicted molar refractivity (Wildman–Crippen MR) is 86.2 cm³/mol.